The summed E-state index contributed by atoms with van der Waals surface area (Å²) in [6.45, 7) is 11.0. The van der Waals surface area contributed by atoms with Crippen LogP contribution < -0.4 is 5.73 Å². The highest BCUT2D eigenvalue weighted by Crippen LogP contribution is 2.40. The average Bonchev–Trinajstić information content (AvgIpc) is 2.78. The van der Waals surface area contributed by atoms with Crippen LogP contribution in [0.5, 0.6) is 0 Å². The second-order valence-corrected chi connectivity index (χ2v) is 8.23. The van der Waals surface area contributed by atoms with Gasteiger partial charge in [-0.3, -0.25) is 0 Å². The summed E-state index contributed by atoms with van der Waals surface area (Å²) in [6, 6.07) is 0.394. The van der Waals surface area contributed by atoms with Crippen LogP contribution in [0.15, 0.2) is 0 Å². The largest absolute Gasteiger partial charge is 0.396 e. The molecule has 4 unspecified atom stereocenters. The smallest absolute Gasteiger partial charge is 0.0434 e. The third-order valence-electron chi connectivity index (χ3n) is 5.67. The van der Waals surface area contributed by atoms with E-state index in [4.69, 9.17) is 10.8 Å². The van der Waals surface area contributed by atoms with Crippen LogP contribution >= 0.6 is 0 Å². The van der Waals surface area contributed by atoms with Crippen molar-refractivity contribution < 1.29 is 5.11 Å². The van der Waals surface area contributed by atoms with Gasteiger partial charge in [0.25, 0.3) is 0 Å². The van der Waals surface area contributed by atoms with Gasteiger partial charge in [0.2, 0.25) is 0 Å². The van der Waals surface area contributed by atoms with Crippen LogP contribution in [-0.2, 0) is 0 Å². The van der Waals surface area contributed by atoms with Gasteiger partial charge in [0, 0.05) is 25.7 Å². The molecule has 20 heavy (non-hydrogen) atoms. The molecule has 3 nitrogen and oxygen atoms in total. The molecule has 1 saturated carbocycles. The molecule has 0 spiro atoms. The van der Waals surface area contributed by atoms with Gasteiger partial charge in [0.05, 0.1) is 0 Å². The first-order valence-electron chi connectivity index (χ1n) is 8.49. The molecule has 1 saturated heterocycles. The number of nitrogens with two attached hydrogens (primary N) is 1. The molecule has 1 heterocycles. The second kappa shape index (κ2) is 6.76. The lowest BCUT2D eigenvalue weighted by atomic mass is 9.67. The zero-order valence-corrected chi connectivity index (χ0v) is 13.6. The number of hydrogen-bond acceptors (Lipinski definition) is 3. The second-order valence-electron chi connectivity index (χ2n) is 8.23. The maximum Gasteiger partial charge on any atom is 0.0434 e. The standard InChI is InChI=1S/C17H34N2O/c1-17(2,3)15-4-5-16(18)14(10-15)12-19-8-6-13(11-19)7-9-20/h13-16,20H,4-12,18H2,1-3H3. The van der Waals surface area contributed by atoms with E-state index >= 15 is 0 Å². The fourth-order valence-corrected chi connectivity index (χ4v) is 4.11. The van der Waals surface area contributed by atoms with E-state index in [2.05, 4.69) is 25.7 Å². The average molecular weight is 282 g/mol. The number of hydrogen-bond donors (Lipinski definition) is 2. The molecular weight excluding hydrogens is 248 g/mol. The van der Waals surface area contributed by atoms with Crippen LogP contribution in [-0.4, -0.2) is 42.3 Å². The Labute approximate surface area is 124 Å². The Morgan fingerprint density at radius 2 is 1.95 bits per heavy atom. The number of aliphatic hydroxyl groups is 1. The lowest BCUT2D eigenvalue weighted by Gasteiger charge is -2.42. The molecule has 3 heteroatoms. The monoisotopic (exact) mass is 282 g/mol. The van der Waals surface area contributed by atoms with Crippen molar-refractivity contribution in [3.63, 3.8) is 0 Å². The van der Waals surface area contributed by atoms with Crippen molar-refractivity contribution in [2.45, 2.75) is 58.9 Å². The van der Waals surface area contributed by atoms with E-state index in [9.17, 15) is 0 Å². The molecule has 0 aromatic rings. The first kappa shape index (κ1) is 16.3. The Balaban J connectivity index is 1.85. The topological polar surface area (TPSA) is 49.5 Å². The van der Waals surface area contributed by atoms with Gasteiger partial charge in [-0.05, 0) is 61.8 Å². The fourth-order valence-electron chi connectivity index (χ4n) is 4.11. The summed E-state index contributed by atoms with van der Waals surface area (Å²) in [4.78, 5) is 2.59. The van der Waals surface area contributed by atoms with Crippen LogP contribution in [0.2, 0.25) is 0 Å². The van der Waals surface area contributed by atoms with Crippen LogP contribution in [0.1, 0.15) is 52.9 Å². The van der Waals surface area contributed by atoms with Gasteiger partial charge in [-0.2, -0.15) is 0 Å². The maximum absolute atomic E-state index is 9.06. The van der Waals surface area contributed by atoms with Crippen molar-refractivity contribution in [1.29, 1.82) is 0 Å². The summed E-state index contributed by atoms with van der Waals surface area (Å²) < 4.78 is 0. The first-order chi connectivity index (χ1) is 9.40. The van der Waals surface area contributed by atoms with Crippen LogP contribution in [0, 0.1) is 23.2 Å². The Morgan fingerprint density at radius 1 is 1.20 bits per heavy atom. The van der Waals surface area contributed by atoms with Crippen molar-refractivity contribution in [2.75, 3.05) is 26.2 Å². The maximum atomic E-state index is 9.06. The zero-order chi connectivity index (χ0) is 14.8. The van der Waals surface area contributed by atoms with Gasteiger partial charge in [-0.25, -0.2) is 0 Å². The van der Waals surface area contributed by atoms with E-state index < -0.39 is 0 Å². The molecule has 0 aromatic heterocycles. The predicted octanol–water partition coefficient (Wildman–Crippen LogP) is 2.48. The quantitative estimate of drug-likeness (QED) is 0.833. The normalized spacial score (nSPS) is 36.5. The molecule has 0 bridgehead atoms. The van der Waals surface area contributed by atoms with Gasteiger partial charge in [0.1, 0.15) is 0 Å². The molecule has 0 aromatic carbocycles. The molecule has 118 valence electrons. The minimum Gasteiger partial charge on any atom is -0.396 e. The van der Waals surface area contributed by atoms with E-state index in [0.717, 1.165) is 12.3 Å². The van der Waals surface area contributed by atoms with Gasteiger partial charge >= 0.3 is 0 Å². The molecule has 0 radical (unpaired) electrons. The summed E-state index contributed by atoms with van der Waals surface area (Å²) >= 11 is 0. The Hall–Kier alpha value is -0.120. The predicted molar refractivity (Wildman–Crippen MR) is 84.5 cm³/mol. The molecule has 1 aliphatic heterocycles. The number of likely N-dealkylation sites (tertiary alicyclic amines) is 1. The Kier molecular flexibility index (Phi) is 5.49. The molecule has 3 N–H and O–H groups in total. The van der Waals surface area contributed by atoms with Crippen LogP contribution in [0.25, 0.3) is 0 Å². The van der Waals surface area contributed by atoms with Gasteiger partial charge in [-0.1, -0.05) is 20.8 Å². The highest BCUT2D eigenvalue weighted by atomic mass is 16.3. The number of rotatable bonds is 4. The summed E-state index contributed by atoms with van der Waals surface area (Å²) in [7, 11) is 0. The van der Waals surface area contributed by atoms with E-state index in [0.29, 0.717) is 29.9 Å². The summed E-state index contributed by atoms with van der Waals surface area (Å²) in [5.41, 5.74) is 6.81. The first-order valence-corrected chi connectivity index (χ1v) is 8.49. The Morgan fingerprint density at radius 3 is 2.60 bits per heavy atom. The SMILES string of the molecule is CC(C)(C)C1CCC(N)C(CN2CCC(CCO)C2)C1. The number of nitrogens with zero attached hydrogens (tertiary/aromatic N) is 1. The summed E-state index contributed by atoms with van der Waals surface area (Å²) in [6.07, 6.45) is 6.02. The summed E-state index contributed by atoms with van der Waals surface area (Å²) in [5, 5.41) is 9.06. The molecule has 0 amide bonds. The Bertz CT molecular complexity index is 300. The zero-order valence-electron chi connectivity index (χ0n) is 13.6. The molecule has 1 aliphatic carbocycles. The highest BCUT2D eigenvalue weighted by Gasteiger charge is 2.36. The van der Waals surface area contributed by atoms with E-state index in [1.165, 1.54) is 45.3 Å². The minimum absolute atomic E-state index is 0.341. The van der Waals surface area contributed by atoms with Crippen molar-refractivity contribution in [3.05, 3.63) is 0 Å². The van der Waals surface area contributed by atoms with Gasteiger partial charge < -0.3 is 15.7 Å². The van der Waals surface area contributed by atoms with Crippen LogP contribution in [0.3, 0.4) is 0 Å². The van der Waals surface area contributed by atoms with E-state index in [1.54, 1.807) is 0 Å². The van der Waals surface area contributed by atoms with Crippen molar-refractivity contribution >= 4 is 0 Å². The van der Waals surface area contributed by atoms with Crippen molar-refractivity contribution in [2.24, 2.45) is 28.9 Å². The molecular formula is C17H34N2O. The molecule has 4 atom stereocenters. The summed E-state index contributed by atoms with van der Waals surface area (Å²) in [5.74, 6) is 2.20. The third kappa shape index (κ3) is 4.19. The lowest BCUT2D eigenvalue weighted by molar-refractivity contribution is 0.104. The van der Waals surface area contributed by atoms with E-state index in [1.807, 2.05) is 0 Å². The third-order valence-corrected chi connectivity index (χ3v) is 5.67. The van der Waals surface area contributed by atoms with Gasteiger partial charge in [-0.15, -0.1) is 0 Å². The van der Waals surface area contributed by atoms with Crippen molar-refractivity contribution in [1.82, 2.24) is 4.90 Å². The minimum atomic E-state index is 0.341. The van der Waals surface area contributed by atoms with Crippen LogP contribution in [0.4, 0.5) is 0 Å². The lowest BCUT2D eigenvalue weighted by Crippen LogP contribution is -2.44. The van der Waals surface area contributed by atoms with Crippen molar-refractivity contribution in [3.8, 4) is 0 Å². The van der Waals surface area contributed by atoms with Gasteiger partial charge in [0.15, 0.2) is 0 Å². The molecule has 2 aliphatic rings. The fraction of sp³-hybridized carbons (Fsp3) is 1.00. The molecule has 2 rings (SSSR count). The molecule has 2 fully saturated rings. The number of aliphatic hydroxyl groups excluding tert-OH is 1. The van der Waals surface area contributed by atoms with E-state index in [-0.39, 0.29) is 0 Å². The highest BCUT2D eigenvalue weighted by molar-refractivity contribution is 4.90.